The highest BCUT2D eigenvalue weighted by atomic mass is 16.5. The number of likely N-dealkylation sites (N-methyl/N-ethyl adjacent to an activating group) is 1. The van der Waals surface area contributed by atoms with Crippen molar-refractivity contribution in [2.24, 2.45) is 0 Å². The van der Waals surface area contributed by atoms with E-state index in [-0.39, 0.29) is 0 Å². The summed E-state index contributed by atoms with van der Waals surface area (Å²) in [6, 6.07) is 0. The van der Waals surface area contributed by atoms with Gasteiger partial charge >= 0.3 is 0 Å². The standard InChI is InChI=1S/C8H16N2O/c1-7-9(2)6-5-8(11-4)10(7)3/h5,7H,6H2,1-4H3. The summed E-state index contributed by atoms with van der Waals surface area (Å²) in [6.45, 7) is 3.13. The fraction of sp³-hybridized carbons (Fsp3) is 0.750. The van der Waals surface area contributed by atoms with Crippen molar-refractivity contribution in [3.05, 3.63) is 12.0 Å². The second kappa shape index (κ2) is 3.13. The predicted molar refractivity (Wildman–Crippen MR) is 44.9 cm³/mol. The van der Waals surface area contributed by atoms with E-state index in [0.29, 0.717) is 6.17 Å². The van der Waals surface area contributed by atoms with Gasteiger partial charge in [0.2, 0.25) is 0 Å². The van der Waals surface area contributed by atoms with Gasteiger partial charge < -0.3 is 9.64 Å². The monoisotopic (exact) mass is 156 g/mol. The molecule has 1 atom stereocenters. The fourth-order valence-electron chi connectivity index (χ4n) is 1.23. The highest BCUT2D eigenvalue weighted by Crippen LogP contribution is 2.14. The molecular formula is C8H16N2O. The third-order valence-electron chi connectivity index (χ3n) is 2.31. The molecule has 3 nitrogen and oxygen atoms in total. The molecule has 0 aromatic rings. The normalized spacial score (nSPS) is 26.7. The van der Waals surface area contributed by atoms with Gasteiger partial charge in [0.1, 0.15) is 0 Å². The van der Waals surface area contributed by atoms with Gasteiger partial charge in [0.05, 0.1) is 13.3 Å². The molecule has 0 spiro atoms. The van der Waals surface area contributed by atoms with E-state index in [1.807, 2.05) is 7.05 Å². The molecule has 0 aromatic heterocycles. The van der Waals surface area contributed by atoms with Gasteiger partial charge in [0.15, 0.2) is 5.88 Å². The molecule has 0 aliphatic carbocycles. The second-order valence-corrected chi connectivity index (χ2v) is 2.93. The van der Waals surface area contributed by atoms with Crippen molar-refractivity contribution in [2.45, 2.75) is 13.1 Å². The summed E-state index contributed by atoms with van der Waals surface area (Å²) < 4.78 is 5.18. The van der Waals surface area contributed by atoms with E-state index in [9.17, 15) is 0 Å². The van der Waals surface area contributed by atoms with E-state index in [2.05, 4.69) is 29.8 Å². The van der Waals surface area contributed by atoms with Gasteiger partial charge in [-0.1, -0.05) is 0 Å². The van der Waals surface area contributed by atoms with Crippen LogP contribution in [0.5, 0.6) is 0 Å². The fourth-order valence-corrected chi connectivity index (χ4v) is 1.23. The average Bonchev–Trinajstić information content (AvgIpc) is 2.01. The molecule has 0 fully saturated rings. The molecule has 3 heteroatoms. The first-order chi connectivity index (χ1) is 5.16. The maximum absolute atomic E-state index is 5.18. The minimum Gasteiger partial charge on any atom is -0.483 e. The van der Waals surface area contributed by atoms with E-state index >= 15 is 0 Å². The Morgan fingerprint density at radius 3 is 2.73 bits per heavy atom. The first-order valence-corrected chi connectivity index (χ1v) is 3.84. The van der Waals surface area contributed by atoms with Crippen molar-refractivity contribution < 1.29 is 4.74 Å². The summed E-state index contributed by atoms with van der Waals surface area (Å²) in [7, 11) is 5.85. The van der Waals surface area contributed by atoms with Gasteiger partial charge in [-0.25, -0.2) is 0 Å². The largest absolute Gasteiger partial charge is 0.483 e. The highest BCUT2D eigenvalue weighted by molar-refractivity contribution is 4.99. The molecule has 1 rings (SSSR count). The number of rotatable bonds is 1. The van der Waals surface area contributed by atoms with Gasteiger partial charge in [0, 0.05) is 13.6 Å². The number of ether oxygens (including phenoxy) is 1. The number of hydrogen-bond acceptors (Lipinski definition) is 3. The Morgan fingerprint density at radius 1 is 1.55 bits per heavy atom. The Bertz CT molecular complexity index is 167. The maximum Gasteiger partial charge on any atom is 0.187 e. The van der Waals surface area contributed by atoms with Crippen LogP contribution in [0.25, 0.3) is 0 Å². The minimum absolute atomic E-state index is 0.426. The molecule has 64 valence electrons. The molecule has 1 heterocycles. The van der Waals surface area contributed by atoms with Gasteiger partial charge in [-0.15, -0.1) is 0 Å². The zero-order chi connectivity index (χ0) is 8.43. The number of methoxy groups -OCH3 is 1. The van der Waals surface area contributed by atoms with Gasteiger partial charge in [-0.2, -0.15) is 0 Å². The lowest BCUT2D eigenvalue weighted by Gasteiger charge is -2.37. The summed E-state index contributed by atoms with van der Waals surface area (Å²) in [5.74, 6) is 0.968. The summed E-state index contributed by atoms with van der Waals surface area (Å²) >= 11 is 0. The Labute approximate surface area is 68.2 Å². The maximum atomic E-state index is 5.18. The van der Waals surface area contributed by atoms with Gasteiger partial charge in [0.25, 0.3) is 0 Å². The molecule has 0 saturated carbocycles. The Hall–Kier alpha value is -0.700. The molecule has 1 aliphatic heterocycles. The van der Waals surface area contributed by atoms with Crippen molar-refractivity contribution in [2.75, 3.05) is 27.7 Å². The lowest BCUT2D eigenvalue weighted by molar-refractivity contribution is 0.0512. The lowest BCUT2D eigenvalue weighted by Crippen LogP contribution is -2.45. The van der Waals surface area contributed by atoms with Crippen LogP contribution in [-0.2, 0) is 4.74 Å². The predicted octanol–water partition coefficient (Wildman–Crippen LogP) is 0.697. The summed E-state index contributed by atoms with van der Waals surface area (Å²) in [5.41, 5.74) is 0. The van der Waals surface area contributed by atoms with E-state index in [4.69, 9.17) is 4.74 Å². The summed E-state index contributed by atoms with van der Waals surface area (Å²) in [5, 5.41) is 0. The van der Waals surface area contributed by atoms with E-state index in [0.717, 1.165) is 12.4 Å². The molecule has 0 bridgehead atoms. The Morgan fingerprint density at radius 2 is 2.18 bits per heavy atom. The molecular weight excluding hydrogens is 140 g/mol. The zero-order valence-electron chi connectivity index (χ0n) is 7.66. The van der Waals surface area contributed by atoms with Crippen LogP contribution in [0, 0.1) is 0 Å². The van der Waals surface area contributed by atoms with Crippen LogP contribution in [0.1, 0.15) is 6.92 Å². The van der Waals surface area contributed by atoms with E-state index in [1.54, 1.807) is 7.11 Å². The van der Waals surface area contributed by atoms with Gasteiger partial charge in [-0.05, 0) is 20.0 Å². The van der Waals surface area contributed by atoms with Crippen molar-refractivity contribution in [3.63, 3.8) is 0 Å². The second-order valence-electron chi connectivity index (χ2n) is 2.93. The Balaban J connectivity index is 2.70. The van der Waals surface area contributed by atoms with E-state index in [1.165, 1.54) is 0 Å². The molecule has 0 saturated heterocycles. The van der Waals surface area contributed by atoms with Gasteiger partial charge in [-0.3, -0.25) is 4.90 Å². The van der Waals surface area contributed by atoms with Crippen molar-refractivity contribution in [1.29, 1.82) is 0 Å². The molecule has 0 radical (unpaired) electrons. The minimum atomic E-state index is 0.426. The smallest absolute Gasteiger partial charge is 0.187 e. The third-order valence-corrected chi connectivity index (χ3v) is 2.31. The first kappa shape index (κ1) is 8.40. The third kappa shape index (κ3) is 1.48. The van der Waals surface area contributed by atoms with Crippen molar-refractivity contribution >= 4 is 0 Å². The van der Waals surface area contributed by atoms with Crippen LogP contribution in [-0.4, -0.2) is 43.7 Å². The van der Waals surface area contributed by atoms with Crippen LogP contribution in [0.3, 0.4) is 0 Å². The molecule has 0 N–H and O–H groups in total. The Kier molecular flexibility index (Phi) is 2.39. The van der Waals surface area contributed by atoms with Crippen LogP contribution >= 0.6 is 0 Å². The van der Waals surface area contributed by atoms with Crippen molar-refractivity contribution in [1.82, 2.24) is 9.80 Å². The highest BCUT2D eigenvalue weighted by Gasteiger charge is 2.20. The summed E-state index contributed by atoms with van der Waals surface area (Å²) in [4.78, 5) is 4.37. The average molecular weight is 156 g/mol. The van der Waals surface area contributed by atoms with E-state index < -0.39 is 0 Å². The molecule has 11 heavy (non-hydrogen) atoms. The molecule has 1 aliphatic rings. The summed E-state index contributed by atoms with van der Waals surface area (Å²) in [6.07, 6.45) is 2.51. The van der Waals surface area contributed by atoms with Crippen molar-refractivity contribution in [3.8, 4) is 0 Å². The zero-order valence-corrected chi connectivity index (χ0v) is 7.66. The van der Waals surface area contributed by atoms with Crippen LogP contribution < -0.4 is 0 Å². The van der Waals surface area contributed by atoms with Crippen LogP contribution in [0.15, 0.2) is 12.0 Å². The molecule has 0 amide bonds. The quantitative estimate of drug-likeness (QED) is 0.555. The molecule has 0 aromatic carbocycles. The first-order valence-electron chi connectivity index (χ1n) is 3.84. The van der Waals surface area contributed by atoms with Crippen LogP contribution in [0.2, 0.25) is 0 Å². The topological polar surface area (TPSA) is 15.7 Å². The molecule has 1 unspecified atom stereocenters. The SMILES string of the molecule is COC1=CCN(C)C(C)N1C. The number of hydrogen-bond donors (Lipinski definition) is 0. The lowest BCUT2D eigenvalue weighted by atomic mass is 10.3. The number of nitrogens with zero attached hydrogens (tertiary/aromatic N) is 2. The van der Waals surface area contributed by atoms with Crippen LogP contribution in [0.4, 0.5) is 0 Å².